The molecular weight excluding hydrogens is 326 g/mol. The minimum Gasteiger partial charge on any atom is -0.489 e. The number of hydrogen-bond acceptors (Lipinski definition) is 5. The maximum absolute atomic E-state index is 9.28. The number of nitrogens with zero attached hydrogens (tertiary/aromatic N) is 5. The Morgan fingerprint density at radius 3 is 3.04 bits per heavy atom. The van der Waals surface area contributed by atoms with Crippen molar-refractivity contribution in [2.45, 2.75) is 20.0 Å². The average Bonchev–Trinajstić information content (AvgIpc) is 3.09. The fourth-order valence-corrected chi connectivity index (χ4v) is 2.82. The Hall–Kier alpha value is -3.46. The number of aromatic nitrogens is 1. The largest absolute Gasteiger partial charge is 0.489 e. The third-order valence-electron chi connectivity index (χ3n) is 4.07. The maximum atomic E-state index is 9.28. The monoisotopic (exact) mass is 345 g/mol. The van der Waals surface area contributed by atoms with Crippen LogP contribution in [0.2, 0.25) is 0 Å². The molecule has 2 heterocycles. The van der Waals surface area contributed by atoms with Crippen LogP contribution >= 0.6 is 0 Å². The van der Waals surface area contributed by atoms with Gasteiger partial charge in [0.25, 0.3) is 0 Å². The number of pyridine rings is 1. The summed E-state index contributed by atoms with van der Waals surface area (Å²) in [4.78, 5) is 13.7. The van der Waals surface area contributed by atoms with E-state index in [1.54, 1.807) is 18.6 Å². The minimum atomic E-state index is 0.458. The molecule has 0 bridgehead atoms. The highest BCUT2D eigenvalue weighted by molar-refractivity contribution is 5.62. The van der Waals surface area contributed by atoms with Crippen molar-refractivity contribution in [3.8, 4) is 11.8 Å². The fraction of sp³-hybridized carbons (Fsp3) is 0.200. The number of ether oxygens (including phenoxy) is 1. The molecule has 0 N–H and O–H groups in total. The second kappa shape index (κ2) is 8.08. The van der Waals surface area contributed by atoms with Gasteiger partial charge in [0.2, 0.25) is 0 Å². The molecule has 0 fully saturated rings. The van der Waals surface area contributed by atoms with Gasteiger partial charge in [-0.25, -0.2) is 4.99 Å². The molecule has 0 amide bonds. The van der Waals surface area contributed by atoms with E-state index in [2.05, 4.69) is 44.8 Å². The average molecular weight is 345 g/mol. The molecule has 6 heteroatoms. The van der Waals surface area contributed by atoms with Crippen molar-refractivity contribution in [2.75, 3.05) is 11.5 Å². The van der Waals surface area contributed by atoms with E-state index >= 15 is 0 Å². The molecule has 3 rings (SSSR count). The van der Waals surface area contributed by atoms with Gasteiger partial charge in [-0.15, -0.1) is 0 Å². The Morgan fingerprint density at radius 2 is 2.23 bits per heavy atom. The third-order valence-corrected chi connectivity index (χ3v) is 4.07. The summed E-state index contributed by atoms with van der Waals surface area (Å²) in [6.45, 7) is 7.26. The van der Waals surface area contributed by atoms with Gasteiger partial charge in [-0.05, 0) is 48.5 Å². The predicted octanol–water partition coefficient (Wildman–Crippen LogP) is 3.48. The van der Waals surface area contributed by atoms with Crippen molar-refractivity contribution in [1.82, 2.24) is 4.98 Å². The molecule has 0 radical (unpaired) electrons. The quantitative estimate of drug-likeness (QED) is 0.593. The lowest BCUT2D eigenvalue weighted by molar-refractivity contribution is 0.351. The number of rotatable bonds is 6. The normalized spacial score (nSPS) is 13.5. The van der Waals surface area contributed by atoms with E-state index in [9.17, 15) is 5.26 Å². The van der Waals surface area contributed by atoms with Gasteiger partial charge in [-0.3, -0.25) is 9.98 Å². The molecule has 1 aromatic carbocycles. The van der Waals surface area contributed by atoms with Gasteiger partial charge in [0, 0.05) is 31.7 Å². The Bertz CT molecular complexity index is 911. The van der Waals surface area contributed by atoms with Gasteiger partial charge in [0.15, 0.2) is 0 Å². The van der Waals surface area contributed by atoms with Crippen LogP contribution in [-0.2, 0) is 13.1 Å². The Kier molecular flexibility index (Phi) is 5.40. The van der Waals surface area contributed by atoms with E-state index in [0.717, 1.165) is 30.1 Å². The van der Waals surface area contributed by atoms with E-state index in [4.69, 9.17) is 4.74 Å². The Balaban J connectivity index is 1.69. The SMILES string of the molecule is C=NC=N/C=C(\C)COc1ccc2c(c1)CN(c1ccncc1C#N)C2. The van der Waals surface area contributed by atoms with Crippen LogP contribution in [0.5, 0.6) is 5.75 Å². The van der Waals surface area contributed by atoms with Crippen LogP contribution in [0.3, 0.4) is 0 Å². The molecule has 1 aliphatic heterocycles. The molecule has 0 saturated carbocycles. The zero-order chi connectivity index (χ0) is 18.4. The number of aliphatic imine (C=N–C) groups is 2. The Morgan fingerprint density at radius 1 is 1.38 bits per heavy atom. The van der Waals surface area contributed by atoms with Gasteiger partial charge in [0.05, 0.1) is 11.3 Å². The summed E-state index contributed by atoms with van der Waals surface area (Å²) >= 11 is 0. The van der Waals surface area contributed by atoms with Crippen molar-refractivity contribution >= 4 is 18.7 Å². The molecule has 2 aromatic rings. The van der Waals surface area contributed by atoms with Crippen LogP contribution < -0.4 is 9.64 Å². The lowest BCUT2D eigenvalue weighted by Crippen LogP contribution is -2.15. The van der Waals surface area contributed by atoms with Crippen LogP contribution in [0.4, 0.5) is 5.69 Å². The first-order valence-corrected chi connectivity index (χ1v) is 8.18. The maximum Gasteiger partial charge on any atom is 0.120 e. The summed E-state index contributed by atoms with van der Waals surface area (Å²) in [5, 5.41) is 9.28. The highest BCUT2D eigenvalue weighted by Crippen LogP contribution is 2.32. The fourth-order valence-electron chi connectivity index (χ4n) is 2.82. The van der Waals surface area contributed by atoms with Gasteiger partial charge in [0.1, 0.15) is 24.8 Å². The topological polar surface area (TPSA) is 73.9 Å². The molecule has 0 spiro atoms. The lowest BCUT2D eigenvalue weighted by atomic mass is 10.1. The molecule has 1 aliphatic rings. The minimum absolute atomic E-state index is 0.458. The first-order valence-electron chi connectivity index (χ1n) is 8.18. The molecule has 26 heavy (non-hydrogen) atoms. The number of benzene rings is 1. The van der Waals surface area contributed by atoms with Crippen molar-refractivity contribution in [3.63, 3.8) is 0 Å². The highest BCUT2D eigenvalue weighted by atomic mass is 16.5. The van der Waals surface area contributed by atoms with Crippen molar-refractivity contribution < 1.29 is 4.74 Å². The zero-order valence-corrected chi connectivity index (χ0v) is 14.6. The molecule has 0 aliphatic carbocycles. The number of fused-ring (bicyclic) bond motifs is 1. The summed E-state index contributed by atoms with van der Waals surface area (Å²) in [6.07, 6.45) is 6.41. The van der Waals surface area contributed by atoms with Gasteiger partial charge in [-0.2, -0.15) is 5.26 Å². The van der Waals surface area contributed by atoms with E-state index in [0.29, 0.717) is 12.2 Å². The van der Waals surface area contributed by atoms with Gasteiger partial charge in [-0.1, -0.05) is 6.07 Å². The van der Waals surface area contributed by atoms with Crippen molar-refractivity contribution in [3.05, 3.63) is 65.1 Å². The molecule has 0 unspecified atom stereocenters. The lowest BCUT2D eigenvalue weighted by Gasteiger charge is -2.18. The van der Waals surface area contributed by atoms with Crippen molar-refractivity contribution in [1.29, 1.82) is 5.26 Å². The molecule has 6 nitrogen and oxygen atoms in total. The van der Waals surface area contributed by atoms with Crippen LogP contribution in [0.1, 0.15) is 23.6 Å². The second-order valence-corrected chi connectivity index (χ2v) is 6.00. The predicted molar refractivity (Wildman–Crippen MR) is 103 cm³/mol. The molecular formula is C20H19N5O. The number of anilines is 1. The van der Waals surface area contributed by atoms with Crippen LogP contribution in [-0.4, -0.2) is 24.6 Å². The summed E-state index contributed by atoms with van der Waals surface area (Å²) in [7, 11) is 0. The standard InChI is InChI=1S/C20H19N5O/c1-15(9-24-14-22-2)13-26-19-4-3-16-11-25(12-17(16)7-19)20-5-6-23-10-18(20)8-21/h3-7,9-10,14H,2,11-13H2,1H3/b15-9+,24-14?. The molecule has 0 atom stereocenters. The first-order chi connectivity index (χ1) is 12.7. The zero-order valence-electron chi connectivity index (χ0n) is 14.6. The van der Waals surface area contributed by atoms with E-state index in [1.165, 1.54) is 17.5 Å². The number of hydrogen-bond donors (Lipinski definition) is 0. The van der Waals surface area contributed by atoms with E-state index in [1.807, 2.05) is 19.1 Å². The number of nitriles is 1. The summed E-state index contributed by atoms with van der Waals surface area (Å²) in [6, 6.07) is 10.2. The summed E-state index contributed by atoms with van der Waals surface area (Å²) < 4.78 is 5.84. The molecule has 130 valence electrons. The van der Waals surface area contributed by atoms with Gasteiger partial charge >= 0.3 is 0 Å². The first kappa shape index (κ1) is 17.4. The van der Waals surface area contributed by atoms with Crippen LogP contribution in [0.25, 0.3) is 0 Å². The second-order valence-electron chi connectivity index (χ2n) is 6.00. The van der Waals surface area contributed by atoms with Gasteiger partial charge < -0.3 is 9.64 Å². The highest BCUT2D eigenvalue weighted by Gasteiger charge is 2.21. The van der Waals surface area contributed by atoms with Crippen molar-refractivity contribution in [2.24, 2.45) is 9.98 Å². The van der Waals surface area contributed by atoms with Crippen LogP contribution in [0, 0.1) is 11.3 Å². The molecule has 0 saturated heterocycles. The van der Waals surface area contributed by atoms with Crippen LogP contribution in [0.15, 0.2) is 58.4 Å². The third kappa shape index (κ3) is 3.95. The van der Waals surface area contributed by atoms with E-state index in [-0.39, 0.29) is 0 Å². The van der Waals surface area contributed by atoms with E-state index < -0.39 is 0 Å². The molecule has 1 aromatic heterocycles. The summed E-state index contributed by atoms with van der Waals surface area (Å²) in [5.41, 5.74) is 4.94. The Labute approximate surface area is 152 Å². The smallest absolute Gasteiger partial charge is 0.120 e. The summed E-state index contributed by atoms with van der Waals surface area (Å²) in [5.74, 6) is 0.819.